The van der Waals surface area contributed by atoms with Gasteiger partial charge in [-0.25, -0.2) is 9.98 Å². The van der Waals surface area contributed by atoms with E-state index in [1.54, 1.807) is 18.4 Å². The standard InChI is InChI=1S/C19H28N4OS/c1-5-20-19(22-11-18-23-17(13-25-18)14(2)3)21-10-15-7-6-8-16(9-15)12-24-4/h6-9,13-14H,5,10-12H2,1-4H3,(H2,20,21,22). The summed E-state index contributed by atoms with van der Waals surface area (Å²) in [5.74, 6) is 1.27. The Balaban J connectivity index is 1.96. The summed E-state index contributed by atoms with van der Waals surface area (Å²) in [6.45, 7) is 9.15. The Hall–Kier alpha value is -1.92. The third-order valence-electron chi connectivity index (χ3n) is 3.63. The van der Waals surface area contributed by atoms with E-state index in [4.69, 9.17) is 4.74 Å². The fourth-order valence-corrected chi connectivity index (χ4v) is 3.22. The molecule has 0 bridgehead atoms. The molecule has 1 heterocycles. The van der Waals surface area contributed by atoms with Crippen molar-refractivity contribution in [2.75, 3.05) is 13.7 Å². The molecule has 2 N–H and O–H groups in total. The Bertz CT molecular complexity index is 682. The zero-order chi connectivity index (χ0) is 18.1. The number of thiazole rings is 1. The Morgan fingerprint density at radius 3 is 2.76 bits per heavy atom. The van der Waals surface area contributed by atoms with Gasteiger partial charge in [-0.2, -0.15) is 0 Å². The van der Waals surface area contributed by atoms with E-state index in [9.17, 15) is 0 Å². The number of guanidine groups is 1. The summed E-state index contributed by atoms with van der Waals surface area (Å²) in [6.07, 6.45) is 0. The van der Waals surface area contributed by atoms with Crippen molar-refractivity contribution in [3.63, 3.8) is 0 Å². The van der Waals surface area contributed by atoms with Crippen LogP contribution < -0.4 is 10.6 Å². The number of ether oxygens (including phenoxy) is 1. The quantitative estimate of drug-likeness (QED) is 0.557. The molecule has 5 nitrogen and oxygen atoms in total. The smallest absolute Gasteiger partial charge is 0.191 e. The van der Waals surface area contributed by atoms with Gasteiger partial charge in [0.25, 0.3) is 0 Å². The molecule has 0 saturated carbocycles. The number of nitrogens with zero attached hydrogens (tertiary/aromatic N) is 2. The lowest BCUT2D eigenvalue weighted by molar-refractivity contribution is 0.185. The van der Waals surface area contributed by atoms with Crippen molar-refractivity contribution in [2.24, 2.45) is 4.99 Å². The Morgan fingerprint density at radius 2 is 2.08 bits per heavy atom. The van der Waals surface area contributed by atoms with E-state index in [1.165, 1.54) is 5.56 Å². The average Bonchev–Trinajstić information content (AvgIpc) is 3.07. The number of nitrogens with one attached hydrogen (secondary N) is 2. The van der Waals surface area contributed by atoms with Crippen LogP contribution >= 0.6 is 11.3 Å². The van der Waals surface area contributed by atoms with E-state index in [0.29, 0.717) is 25.6 Å². The lowest BCUT2D eigenvalue weighted by Gasteiger charge is -2.10. The first-order valence-electron chi connectivity index (χ1n) is 8.65. The van der Waals surface area contributed by atoms with Gasteiger partial charge in [-0.15, -0.1) is 11.3 Å². The molecule has 2 aromatic rings. The molecule has 0 aliphatic carbocycles. The minimum Gasteiger partial charge on any atom is -0.380 e. The molecule has 0 spiro atoms. The van der Waals surface area contributed by atoms with Gasteiger partial charge < -0.3 is 15.4 Å². The highest BCUT2D eigenvalue weighted by molar-refractivity contribution is 7.09. The maximum absolute atomic E-state index is 5.19. The molecule has 25 heavy (non-hydrogen) atoms. The molecule has 0 unspecified atom stereocenters. The summed E-state index contributed by atoms with van der Waals surface area (Å²) in [6, 6.07) is 8.33. The van der Waals surface area contributed by atoms with Gasteiger partial charge in [0.05, 0.1) is 25.4 Å². The highest BCUT2D eigenvalue weighted by atomic mass is 32.1. The minimum atomic E-state index is 0.464. The van der Waals surface area contributed by atoms with Gasteiger partial charge in [0.2, 0.25) is 0 Å². The van der Waals surface area contributed by atoms with Crippen molar-refractivity contribution in [3.8, 4) is 0 Å². The number of hydrogen-bond acceptors (Lipinski definition) is 4. The highest BCUT2D eigenvalue weighted by Crippen LogP contribution is 2.17. The van der Waals surface area contributed by atoms with Crippen molar-refractivity contribution >= 4 is 17.3 Å². The molecule has 2 rings (SSSR count). The van der Waals surface area contributed by atoms with Crippen LogP contribution in [0.25, 0.3) is 0 Å². The summed E-state index contributed by atoms with van der Waals surface area (Å²) in [5.41, 5.74) is 3.49. The van der Waals surface area contributed by atoms with E-state index < -0.39 is 0 Å². The van der Waals surface area contributed by atoms with Gasteiger partial charge in [-0.05, 0) is 24.0 Å². The Morgan fingerprint density at radius 1 is 1.28 bits per heavy atom. The fraction of sp³-hybridized carbons (Fsp3) is 0.474. The van der Waals surface area contributed by atoms with E-state index in [0.717, 1.165) is 28.8 Å². The van der Waals surface area contributed by atoms with Gasteiger partial charge in [-0.3, -0.25) is 0 Å². The average molecular weight is 361 g/mol. The van der Waals surface area contributed by atoms with E-state index in [2.05, 4.69) is 65.0 Å². The summed E-state index contributed by atoms with van der Waals surface area (Å²) in [7, 11) is 1.71. The predicted molar refractivity (Wildman–Crippen MR) is 105 cm³/mol. The number of aliphatic imine (C=N–C) groups is 1. The minimum absolute atomic E-state index is 0.464. The Labute approximate surface area is 154 Å². The molecular weight excluding hydrogens is 332 g/mol. The monoisotopic (exact) mass is 360 g/mol. The first-order chi connectivity index (χ1) is 12.1. The van der Waals surface area contributed by atoms with Crippen molar-refractivity contribution < 1.29 is 4.74 Å². The lowest BCUT2D eigenvalue weighted by atomic mass is 10.1. The number of methoxy groups -OCH3 is 1. The summed E-state index contributed by atoms with van der Waals surface area (Å²) < 4.78 is 5.19. The SMILES string of the molecule is CCNC(=NCc1cccc(COC)c1)NCc1nc(C(C)C)cs1. The zero-order valence-electron chi connectivity index (χ0n) is 15.5. The van der Waals surface area contributed by atoms with E-state index >= 15 is 0 Å². The van der Waals surface area contributed by atoms with Crippen LogP contribution in [0.1, 0.15) is 48.5 Å². The molecule has 0 fully saturated rings. The van der Waals surface area contributed by atoms with Crippen LogP contribution in [0.3, 0.4) is 0 Å². The number of aromatic nitrogens is 1. The number of hydrogen-bond donors (Lipinski definition) is 2. The van der Waals surface area contributed by atoms with Gasteiger partial charge >= 0.3 is 0 Å². The van der Waals surface area contributed by atoms with Crippen LogP contribution in [0.5, 0.6) is 0 Å². The largest absolute Gasteiger partial charge is 0.380 e. The summed E-state index contributed by atoms with van der Waals surface area (Å²) in [5, 5.41) is 9.86. The number of rotatable bonds is 8. The maximum atomic E-state index is 5.19. The third-order valence-corrected chi connectivity index (χ3v) is 4.50. The van der Waals surface area contributed by atoms with Gasteiger partial charge in [0.1, 0.15) is 5.01 Å². The predicted octanol–water partition coefficient (Wildman–Crippen LogP) is 3.67. The van der Waals surface area contributed by atoms with E-state index in [1.807, 2.05) is 6.07 Å². The maximum Gasteiger partial charge on any atom is 0.191 e. The molecular formula is C19H28N4OS. The molecule has 1 aromatic carbocycles. The molecule has 1 aromatic heterocycles. The summed E-state index contributed by atoms with van der Waals surface area (Å²) in [4.78, 5) is 9.32. The van der Waals surface area contributed by atoms with Crippen LogP contribution in [0, 0.1) is 0 Å². The molecule has 6 heteroatoms. The molecule has 136 valence electrons. The third kappa shape index (κ3) is 6.48. The molecule has 0 saturated heterocycles. The lowest BCUT2D eigenvalue weighted by Crippen LogP contribution is -2.36. The molecule has 0 aliphatic heterocycles. The zero-order valence-corrected chi connectivity index (χ0v) is 16.3. The number of benzene rings is 1. The summed E-state index contributed by atoms with van der Waals surface area (Å²) >= 11 is 1.69. The van der Waals surface area contributed by atoms with Gasteiger partial charge in [-0.1, -0.05) is 38.1 Å². The molecule has 0 atom stereocenters. The normalized spacial score (nSPS) is 11.8. The van der Waals surface area contributed by atoms with Crippen LogP contribution in [0.4, 0.5) is 0 Å². The van der Waals surface area contributed by atoms with Crippen molar-refractivity contribution in [1.82, 2.24) is 15.6 Å². The fourth-order valence-electron chi connectivity index (χ4n) is 2.33. The topological polar surface area (TPSA) is 58.5 Å². The van der Waals surface area contributed by atoms with Crippen LogP contribution in [0.15, 0.2) is 34.6 Å². The van der Waals surface area contributed by atoms with E-state index in [-0.39, 0.29) is 0 Å². The van der Waals surface area contributed by atoms with Crippen molar-refractivity contribution in [1.29, 1.82) is 0 Å². The van der Waals surface area contributed by atoms with Crippen LogP contribution in [-0.4, -0.2) is 24.6 Å². The molecule has 0 radical (unpaired) electrons. The second-order valence-electron chi connectivity index (χ2n) is 6.12. The second-order valence-corrected chi connectivity index (χ2v) is 7.07. The Kier molecular flexibility index (Phi) is 7.88. The van der Waals surface area contributed by atoms with Crippen molar-refractivity contribution in [3.05, 3.63) is 51.5 Å². The molecule has 0 amide bonds. The highest BCUT2D eigenvalue weighted by Gasteiger charge is 2.06. The van der Waals surface area contributed by atoms with Gasteiger partial charge in [0, 0.05) is 19.0 Å². The first kappa shape index (κ1) is 19.4. The van der Waals surface area contributed by atoms with Crippen LogP contribution in [-0.2, 0) is 24.4 Å². The second kappa shape index (κ2) is 10.2. The van der Waals surface area contributed by atoms with Crippen molar-refractivity contribution in [2.45, 2.75) is 46.4 Å². The first-order valence-corrected chi connectivity index (χ1v) is 9.53. The molecule has 0 aliphatic rings. The van der Waals surface area contributed by atoms with Crippen LogP contribution in [0.2, 0.25) is 0 Å². The van der Waals surface area contributed by atoms with Gasteiger partial charge in [0.15, 0.2) is 5.96 Å².